The summed E-state index contributed by atoms with van der Waals surface area (Å²) in [7, 11) is 0. The van der Waals surface area contributed by atoms with E-state index in [0.717, 1.165) is 39.1 Å². The third-order valence-corrected chi connectivity index (χ3v) is 2.83. The van der Waals surface area contributed by atoms with Crippen molar-refractivity contribution in [1.29, 1.82) is 0 Å². The highest BCUT2D eigenvalue weighted by Gasteiger charge is 2.09. The monoisotopic (exact) mass is 317 g/mol. The Labute approximate surface area is 138 Å². The van der Waals surface area contributed by atoms with Crippen molar-refractivity contribution in [1.82, 2.24) is 5.32 Å². The largest absolute Gasteiger partial charge is 0.379 e. The molecule has 0 atom stereocenters. The smallest absolute Gasteiger partial charge is 0.0701 e. The van der Waals surface area contributed by atoms with E-state index in [-0.39, 0.29) is 5.41 Å². The zero-order valence-electron chi connectivity index (χ0n) is 15.8. The Hall–Kier alpha value is -0.160. The predicted octanol–water partition coefficient (Wildman–Crippen LogP) is 3.50. The topological polar surface area (TPSA) is 39.7 Å². The number of hydrogen-bond acceptors (Lipinski definition) is 4. The predicted molar refractivity (Wildman–Crippen MR) is 93.5 cm³/mol. The first kappa shape index (κ1) is 21.8. The SMILES string of the molecule is CC(C)(C)CNCCCCOCCOCCOCC(C)(C)C. The van der Waals surface area contributed by atoms with Crippen molar-refractivity contribution in [2.45, 2.75) is 54.4 Å². The Morgan fingerprint density at radius 1 is 0.636 bits per heavy atom. The van der Waals surface area contributed by atoms with Crippen LogP contribution >= 0.6 is 0 Å². The Morgan fingerprint density at radius 2 is 1.18 bits per heavy atom. The summed E-state index contributed by atoms with van der Waals surface area (Å²) in [4.78, 5) is 0. The molecule has 0 rings (SSSR count). The van der Waals surface area contributed by atoms with E-state index < -0.39 is 0 Å². The third kappa shape index (κ3) is 19.8. The zero-order chi connectivity index (χ0) is 16.9. The zero-order valence-corrected chi connectivity index (χ0v) is 15.8. The Balaban J connectivity index is 3.09. The molecule has 4 nitrogen and oxygen atoms in total. The quantitative estimate of drug-likeness (QED) is 0.528. The average Bonchev–Trinajstić information content (AvgIpc) is 2.36. The normalized spacial score (nSPS) is 12.8. The molecule has 1 N–H and O–H groups in total. The van der Waals surface area contributed by atoms with Crippen molar-refractivity contribution in [2.75, 3.05) is 52.7 Å². The molecule has 0 aromatic carbocycles. The summed E-state index contributed by atoms with van der Waals surface area (Å²) in [6.45, 7) is 19.6. The third-order valence-electron chi connectivity index (χ3n) is 2.83. The van der Waals surface area contributed by atoms with Crippen LogP contribution in [0.25, 0.3) is 0 Å². The number of nitrogens with one attached hydrogen (secondary N) is 1. The first-order chi connectivity index (χ1) is 10.2. The molecular formula is C18H39NO3. The summed E-state index contributed by atoms with van der Waals surface area (Å²) >= 11 is 0. The van der Waals surface area contributed by atoms with Gasteiger partial charge >= 0.3 is 0 Å². The molecule has 0 unspecified atom stereocenters. The van der Waals surface area contributed by atoms with E-state index in [4.69, 9.17) is 14.2 Å². The van der Waals surface area contributed by atoms with Gasteiger partial charge in [-0.1, -0.05) is 41.5 Å². The van der Waals surface area contributed by atoms with E-state index in [9.17, 15) is 0 Å². The van der Waals surface area contributed by atoms with Crippen LogP contribution in [-0.2, 0) is 14.2 Å². The second-order valence-electron chi connectivity index (χ2n) is 8.28. The molecule has 0 saturated carbocycles. The van der Waals surface area contributed by atoms with Gasteiger partial charge in [0, 0.05) is 6.61 Å². The summed E-state index contributed by atoms with van der Waals surface area (Å²) < 4.78 is 16.5. The van der Waals surface area contributed by atoms with E-state index >= 15 is 0 Å². The van der Waals surface area contributed by atoms with Crippen LogP contribution in [0.15, 0.2) is 0 Å². The standard InChI is InChI=1S/C18H39NO3/c1-17(2,3)15-19-9-7-8-10-20-11-12-21-13-14-22-16-18(4,5)6/h19H,7-16H2,1-6H3. The molecular weight excluding hydrogens is 278 g/mol. The molecule has 0 aliphatic heterocycles. The Kier molecular flexibility index (Phi) is 12.2. The summed E-state index contributed by atoms with van der Waals surface area (Å²) in [5.41, 5.74) is 0.593. The van der Waals surface area contributed by atoms with Crippen molar-refractivity contribution in [3.8, 4) is 0 Å². The van der Waals surface area contributed by atoms with Gasteiger partial charge in [0.1, 0.15) is 0 Å². The van der Waals surface area contributed by atoms with Crippen molar-refractivity contribution >= 4 is 0 Å². The van der Waals surface area contributed by atoms with Crippen LogP contribution in [0.5, 0.6) is 0 Å². The summed E-state index contributed by atoms with van der Waals surface area (Å²) in [6, 6.07) is 0. The highest BCUT2D eigenvalue weighted by Crippen LogP contribution is 2.12. The minimum absolute atomic E-state index is 0.227. The first-order valence-corrected chi connectivity index (χ1v) is 8.65. The van der Waals surface area contributed by atoms with Crippen LogP contribution in [0.1, 0.15) is 54.4 Å². The lowest BCUT2D eigenvalue weighted by Crippen LogP contribution is -2.27. The summed E-state index contributed by atoms with van der Waals surface area (Å²) in [5, 5.41) is 3.47. The van der Waals surface area contributed by atoms with Gasteiger partial charge in [0.15, 0.2) is 0 Å². The van der Waals surface area contributed by atoms with Crippen LogP contribution < -0.4 is 5.32 Å². The maximum atomic E-state index is 5.55. The second-order valence-corrected chi connectivity index (χ2v) is 8.28. The fraction of sp³-hybridized carbons (Fsp3) is 1.00. The van der Waals surface area contributed by atoms with Crippen molar-refractivity contribution in [3.63, 3.8) is 0 Å². The van der Waals surface area contributed by atoms with Gasteiger partial charge in [-0.05, 0) is 36.8 Å². The Bertz CT molecular complexity index is 218. The van der Waals surface area contributed by atoms with Crippen LogP contribution in [0.2, 0.25) is 0 Å². The Morgan fingerprint density at radius 3 is 1.73 bits per heavy atom. The van der Waals surface area contributed by atoms with Gasteiger partial charge in [0.05, 0.1) is 33.0 Å². The molecule has 0 aliphatic rings. The fourth-order valence-corrected chi connectivity index (χ4v) is 1.74. The molecule has 0 heterocycles. The number of rotatable bonds is 13. The van der Waals surface area contributed by atoms with Gasteiger partial charge < -0.3 is 19.5 Å². The second kappa shape index (κ2) is 12.3. The molecule has 0 bridgehead atoms. The van der Waals surface area contributed by atoms with E-state index in [1.54, 1.807) is 0 Å². The van der Waals surface area contributed by atoms with Crippen LogP contribution in [0.3, 0.4) is 0 Å². The highest BCUT2D eigenvalue weighted by molar-refractivity contribution is 4.64. The molecule has 0 radical (unpaired) electrons. The maximum Gasteiger partial charge on any atom is 0.0701 e. The minimum Gasteiger partial charge on any atom is -0.379 e. The molecule has 0 aromatic rings. The van der Waals surface area contributed by atoms with Gasteiger partial charge in [-0.25, -0.2) is 0 Å². The molecule has 22 heavy (non-hydrogen) atoms. The summed E-state index contributed by atoms with van der Waals surface area (Å²) in [5.74, 6) is 0. The lowest BCUT2D eigenvalue weighted by molar-refractivity contribution is -0.00104. The maximum absolute atomic E-state index is 5.55. The molecule has 0 saturated heterocycles. The number of ether oxygens (including phenoxy) is 3. The molecule has 0 amide bonds. The minimum atomic E-state index is 0.227. The van der Waals surface area contributed by atoms with E-state index in [0.29, 0.717) is 31.8 Å². The molecule has 0 aromatic heterocycles. The first-order valence-electron chi connectivity index (χ1n) is 8.65. The molecule has 0 spiro atoms. The molecule has 0 aliphatic carbocycles. The van der Waals surface area contributed by atoms with E-state index in [1.165, 1.54) is 0 Å². The van der Waals surface area contributed by atoms with Gasteiger partial charge in [0.25, 0.3) is 0 Å². The van der Waals surface area contributed by atoms with Gasteiger partial charge in [-0.2, -0.15) is 0 Å². The molecule has 134 valence electrons. The van der Waals surface area contributed by atoms with Crippen molar-refractivity contribution in [3.05, 3.63) is 0 Å². The van der Waals surface area contributed by atoms with Gasteiger partial charge in [-0.3, -0.25) is 0 Å². The molecule has 0 fully saturated rings. The lowest BCUT2D eigenvalue weighted by atomic mass is 9.97. The van der Waals surface area contributed by atoms with Gasteiger partial charge in [0.2, 0.25) is 0 Å². The van der Waals surface area contributed by atoms with Crippen molar-refractivity contribution < 1.29 is 14.2 Å². The fourth-order valence-electron chi connectivity index (χ4n) is 1.74. The van der Waals surface area contributed by atoms with Crippen LogP contribution in [0.4, 0.5) is 0 Å². The van der Waals surface area contributed by atoms with Crippen LogP contribution in [-0.4, -0.2) is 52.7 Å². The lowest BCUT2D eigenvalue weighted by Gasteiger charge is -2.18. The van der Waals surface area contributed by atoms with Crippen LogP contribution in [0, 0.1) is 10.8 Å². The number of hydrogen-bond donors (Lipinski definition) is 1. The van der Waals surface area contributed by atoms with E-state index in [1.807, 2.05) is 0 Å². The summed E-state index contributed by atoms with van der Waals surface area (Å²) in [6.07, 6.45) is 2.27. The molecule has 4 heteroatoms. The van der Waals surface area contributed by atoms with Crippen molar-refractivity contribution in [2.24, 2.45) is 10.8 Å². The van der Waals surface area contributed by atoms with E-state index in [2.05, 4.69) is 46.9 Å². The average molecular weight is 318 g/mol. The number of unbranched alkanes of at least 4 members (excludes halogenated alkanes) is 1. The highest BCUT2D eigenvalue weighted by atomic mass is 16.5. The van der Waals surface area contributed by atoms with Gasteiger partial charge in [-0.15, -0.1) is 0 Å².